The van der Waals surface area contributed by atoms with E-state index < -0.39 is 6.10 Å². The molecule has 0 aromatic carbocycles. The van der Waals surface area contributed by atoms with Gasteiger partial charge in [0.05, 0.1) is 6.61 Å². The molecule has 1 N–H and O–H groups in total. The predicted octanol–water partition coefficient (Wildman–Crippen LogP) is 23.7. The van der Waals surface area contributed by atoms with Crippen LogP contribution in [0.4, 0.5) is 0 Å². The van der Waals surface area contributed by atoms with E-state index in [2.05, 4.69) is 74.6 Å². The number of carbonyl (C=O) groups is 2. The van der Waals surface area contributed by atoms with Crippen molar-refractivity contribution < 1.29 is 24.2 Å². The van der Waals surface area contributed by atoms with Crippen molar-refractivity contribution in [3.8, 4) is 0 Å². The van der Waals surface area contributed by atoms with Crippen molar-refractivity contribution in [1.82, 2.24) is 0 Å². The quantitative estimate of drug-likeness (QED) is 0.0373. The van der Waals surface area contributed by atoms with Crippen LogP contribution in [0.1, 0.15) is 367 Å². The standard InChI is InChI=1S/C72H132O5/c1-3-5-7-9-11-13-15-17-19-21-23-25-27-28-29-30-31-32-33-34-35-36-37-38-39-40-41-42-43-44-45-47-49-51-53-55-57-59-61-63-65-67-72(75)77-70(68-73)69-76-71(74)66-64-62-60-58-56-54-52-50-48-46-26-24-22-20-18-16-14-12-10-8-6-4-2/h5,7,11,13,17,19,23,25,28-29,70,73H,3-4,6,8-10,12,14-16,18,20-22,24,26-27,30-69H2,1-2H3/b7-5-,13-11-,19-17-,25-23-,29-28-. The van der Waals surface area contributed by atoms with Gasteiger partial charge in [0.25, 0.3) is 0 Å². The Morgan fingerprint density at radius 3 is 0.844 bits per heavy atom. The molecular weight excluding hydrogens is 945 g/mol. The Morgan fingerprint density at radius 2 is 0.558 bits per heavy atom. The minimum absolute atomic E-state index is 0.0589. The number of aliphatic hydroxyl groups excluding tert-OH is 1. The molecule has 0 heterocycles. The molecule has 0 saturated carbocycles. The van der Waals surface area contributed by atoms with Crippen molar-refractivity contribution in [1.29, 1.82) is 0 Å². The van der Waals surface area contributed by atoms with E-state index in [1.807, 2.05) is 0 Å². The van der Waals surface area contributed by atoms with E-state index >= 15 is 0 Å². The van der Waals surface area contributed by atoms with E-state index in [9.17, 15) is 14.7 Å². The van der Waals surface area contributed by atoms with Crippen LogP contribution in [0.15, 0.2) is 60.8 Å². The number of esters is 2. The minimum atomic E-state index is -0.769. The highest BCUT2D eigenvalue weighted by Gasteiger charge is 2.16. The maximum atomic E-state index is 12.4. The zero-order valence-electron chi connectivity index (χ0n) is 51.7. The molecule has 0 bridgehead atoms. The van der Waals surface area contributed by atoms with Crippen LogP contribution in [-0.4, -0.2) is 36.4 Å². The van der Waals surface area contributed by atoms with E-state index in [1.165, 1.54) is 276 Å². The fraction of sp³-hybridized carbons (Fsp3) is 0.833. The third-order valence-corrected chi connectivity index (χ3v) is 15.6. The van der Waals surface area contributed by atoms with Crippen LogP contribution < -0.4 is 0 Å². The number of aliphatic hydroxyl groups is 1. The lowest BCUT2D eigenvalue weighted by molar-refractivity contribution is -0.161. The first kappa shape index (κ1) is 74.6. The Kier molecular flexibility index (Phi) is 65.8. The van der Waals surface area contributed by atoms with Crippen molar-refractivity contribution in [3.05, 3.63) is 60.8 Å². The van der Waals surface area contributed by atoms with Crippen LogP contribution >= 0.6 is 0 Å². The first-order valence-corrected chi connectivity index (χ1v) is 34.3. The number of unbranched alkanes of at least 4 members (excludes halogenated alkanes) is 46. The topological polar surface area (TPSA) is 72.8 Å². The molecule has 0 aliphatic carbocycles. The van der Waals surface area contributed by atoms with Gasteiger partial charge >= 0.3 is 11.9 Å². The summed E-state index contributed by atoms with van der Waals surface area (Å²) in [5.74, 6) is -0.566. The fourth-order valence-electron chi connectivity index (χ4n) is 10.5. The van der Waals surface area contributed by atoms with E-state index in [0.29, 0.717) is 12.8 Å². The van der Waals surface area contributed by atoms with Crippen LogP contribution in [0.5, 0.6) is 0 Å². The van der Waals surface area contributed by atoms with Gasteiger partial charge in [0.1, 0.15) is 6.61 Å². The number of carbonyl (C=O) groups excluding carboxylic acids is 2. The summed E-state index contributed by atoms with van der Waals surface area (Å²) in [6.07, 6.45) is 92.6. The summed E-state index contributed by atoms with van der Waals surface area (Å²) in [4.78, 5) is 24.6. The number of allylic oxidation sites excluding steroid dienone is 10. The Bertz CT molecular complexity index is 1310. The van der Waals surface area contributed by atoms with Gasteiger partial charge in [-0.1, -0.05) is 357 Å². The molecule has 5 heteroatoms. The Hall–Kier alpha value is -2.40. The van der Waals surface area contributed by atoms with Crippen LogP contribution in [0, 0.1) is 0 Å². The van der Waals surface area contributed by atoms with E-state index in [-0.39, 0.29) is 25.2 Å². The van der Waals surface area contributed by atoms with Gasteiger partial charge in [-0.15, -0.1) is 0 Å². The minimum Gasteiger partial charge on any atom is -0.462 e. The lowest BCUT2D eigenvalue weighted by atomic mass is 10.0. The smallest absolute Gasteiger partial charge is 0.306 e. The van der Waals surface area contributed by atoms with Crippen molar-refractivity contribution in [2.45, 2.75) is 373 Å². The number of ether oxygens (including phenoxy) is 2. The van der Waals surface area contributed by atoms with Gasteiger partial charge in [-0.05, 0) is 57.8 Å². The summed E-state index contributed by atoms with van der Waals surface area (Å²) < 4.78 is 10.8. The third kappa shape index (κ3) is 66.0. The second kappa shape index (κ2) is 67.9. The summed E-state index contributed by atoms with van der Waals surface area (Å²) in [5.41, 5.74) is 0. The van der Waals surface area contributed by atoms with Crippen LogP contribution in [-0.2, 0) is 19.1 Å². The normalized spacial score (nSPS) is 12.5. The number of hydrogen-bond donors (Lipinski definition) is 1. The highest BCUT2D eigenvalue weighted by atomic mass is 16.6. The average Bonchev–Trinajstić information content (AvgIpc) is 3.43. The van der Waals surface area contributed by atoms with Crippen molar-refractivity contribution in [2.75, 3.05) is 13.2 Å². The molecule has 0 amide bonds. The van der Waals surface area contributed by atoms with Gasteiger partial charge in [-0.3, -0.25) is 9.59 Å². The van der Waals surface area contributed by atoms with E-state index in [0.717, 1.165) is 64.2 Å². The fourth-order valence-corrected chi connectivity index (χ4v) is 10.5. The summed E-state index contributed by atoms with van der Waals surface area (Å²) in [6, 6.07) is 0. The summed E-state index contributed by atoms with van der Waals surface area (Å²) >= 11 is 0. The van der Waals surface area contributed by atoms with Gasteiger partial charge < -0.3 is 14.6 Å². The molecule has 0 spiro atoms. The Balaban J connectivity index is 3.38. The molecule has 0 rings (SSSR count). The van der Waals surface area contributed by atoms with Crippen LogP contribution in [0.25, 0.3) is 0 Å². The van der Waals surface area contributed by atoms with E-state index in [1.54, 1.807) is 0 Å². The maximum Gasteiger partial charge on any atom is 0.306 e. The van der Waals surface area contributed by atoms with Crippen LogP contribution in [0.3, 0.4) is 0 Å². The van der Waals surface area contributed by atoms with Gasteiger partial charge in [-0.25, -0.2) is 0 Å². The summed E-state index contributed by atoms with van der Waals surface area (Å²) in [6.45, 7) is 4.08. The zero-order chi connectivity index (χ0) is 55.5. The van der Waals surface area contributed by atoms with Crippen molar-refractivity contribution >= 4 is 11.9 Å². The molecule has 0 fully saturated rings. The Labute approximate surface area is 481 Å². The molecule has 1 unspecified atom stereocenters. The lowest BCUT2D eigenvalue weighted by Gasteiger charge is -2.15. The molecule has 77 heavy (non-hydrogen) atoms. The second-order valence-electron chi connectivity index (χ2n) is 23.2. The third-order valence-electron chi connectivity index (χ3n) is 15.6. The molecule has 1 atom stereocenters. The van der Waals surface area contributed by atoms with Gasteiger partial charge in [0.15, 0.2) is 6.10 Å². The maximum absolute atomic E-state index is 12.4. The number of rotatable bonds is 64. The molecule has 0 saturated heterocycles. The summed E-state index contributed by atoms with van der Waals surface area (Å²) in [7, 11) is 0. The molecule has 450 valence electrons. The molecule has 0 aromatic heterocycles. The largest absolute Gasteiger partial charge is 0.462 e. The van der Waals surface area contributed by atoms with Crippen molar-refractivity contribution in [3.63, 3.8) is 0 Å². The first-order chi connectivity index (χ1) is 38.1. The highest BCUT2D eigenvalue weighted by molar-refractivity contribution is 5.70. The molecule has 0 aromatic rings. The molecular formula is C72H132O5. The molecule has 0 radical (unpaired) electrons. The van der Waals surface area contributed by atoms with Gasteiger partial charge in [0, 0.05) is 12.8 Å². The highest BCUT2D eigenvalue weighted by Crippen LogP contribution is 2.19. The van der Waals surface area contributed by atoms with Gasteiger partial charge in [0.2, 0.25) is 0 Å². The SMILES string of the molecule is CC/C=C\C/C=C\C/C=C\C/C=C\C/C=C\CCCCCCCCCCCCCCCCCCCCCCCCCCCC(=O)OC(CO)COC(=O)CCCCCCCCCCCCCCCCCCCCCCCC. The van der Waals surface area contributed by atoms with E-state index in [4.69, 9.17) is 9.47 Å². The van der Waals surface area contributed by atoms with Gasteiger partial charge in [-0.2, -0.15) is 0 Å². The second-order valence-corrected chi connectivity index (χ2v) is 23.2. The monoisotopic (exact) mass is 1080 g/mol. The molecule has 0 aliphatic rings. The molecule has 0 aliphatic heterocycles. The first-order valence-electron chi connectivity index (χ1n) is 34.3. The predicted molar refractivity (Wildman–Crippen MR) is 339 cm³/mol. The summed E-state index contributed by atoms with van der Waals surface area (Å²) in [5, 5.41) is 9.69. The van der Waals surface area contributed by atoms with Crippen molar-refractivity contribution in [2.24, 2.45) is 0 Å². The van der Waals surface area contributed by atoms with Crippen LogP contribution in [0.2, 0.25) is 0 Å². The Morgan fingerprint density at radius 1 is 0.312 bits per heavy atom. The average molecular weight is 1080 g/mol. The number of hydrogen-bond acceptors (Lipinski definition) is 5. The molecule has 5 nitrogen and oxygen atoms in total. The lowest BCUT2D eigenvalue weighted by Crippen LogP contribution is -2.28. The zero-order valence-corrected chi connectivity index (χ0v) is 51.7.